The van der Waals surface area contributed by atoms with Crippen molar-refractivity contribution in [1.82, 2.24) is 0 Å². The van der Waals surface area contributed by atoms with Gasteiger partial charge in [-0.1, -0.05) is 57.9 Å². The highest BCUT2D eigenvalue weighted by molar-refractivity contribution is 9.10. The van der Waals surface area contributed by atoms with Gasteiger partial charge in [0.1, 0.15) is 0 Å². The van der Waals surface area contributed by atoms with Crippen LogP contribution in [-0.2, 0) is 10.5 Å². The third-order valence-corrected chi connectivity index (χ3v) is 4.08. The van der Waals surface area contributed by atoms with Crippen LogP contribution in [0.25, 0.3) is 6.08 Å². The summed E-state index contributed by atoms with van der Waals surface area (Å²) in [5, 5.41) is 0. The molecule has 0 fully saturated rings. The van der Waals surface area contributed by atoms with Crippen molar-refractivity contribution in [3.8, 4) is 0 Å². The summed E-state index contributed by atoms with van der Waals surface area (Å²) >= 11 is 3.37. The third kappa shape index (κ3) is 1.93. The second-order valence-corrected chi connectivity index (χ2v) is 5.87. The van der Waals surface area contributed by atoms with Crippen molar-refractivity contribution >= 4 is 27.8 Å². The van der Waals surface area contributed by atoms with Gasteiger partial charge in [-0.15, -0.1) is 0 Å². The number of alkyl halides is 1. The monoisotopic (exact) mass is 330 g/mol. The highest BCUT2D eigenvalue weighted by Gasteiger charge is 2.43. The van der Waals surface area contributed by atoms with E-state index in [-0.39, 0.29) is 0 Å². The number of fused-ring (bicyclic) bond motifs is 1. The van der Waals surface area contributed by atoms with Crippen LogP contribution in [0.2, 0.25) is 0 Å². The van der Waals surface area contributed by atoms with E-state index < -0.39 is 11.5 Å². The first-order valence-electron chi connectivity index (χ1n) is 6.30. The maximum absolute atomic E-state index is 15.5. The lowest BCUT2D eigenvalue weighted by Crippen LogP contribution is -2.33. The third-order valence-electron chi connectivity index (χ3n) is 3.59. The predicted octanol–water partition coefficient (Wildman–Crippen LogP) is 4.57. The Kier molecular flexibility index (Phi) is 3.09. The van der Waals surface area contributed by atoms with Crippen LogP contribution in [0.1, 0.15) is 22.3 Å². The van der Waals surface area contributed by atoms with E-state index in [9.17, 15) is 4.79 Å². The average molecular weight is 331 g/mol. The van der Waals surface area contributed by atoms with E-state index in [1.165, 1.54) is 6.08 Å². The normalized spacial score (nSPS) is 20.9. The lowest BCUT2D eigenvalue weighted by atomic mass is 9.78. The first-order valence-corrected chi connectivity index (χ1v) is 7.10. The van der Waals surface area contributed by atoms with Gasteiger partial charge in [0.25, 0.3) is 0 Å². The molecule has 1 aliphatic carbocycles. The Morgan fingerprint density at radius 3 is 2.45 bits per heavy atom. The number of hydrogen-bond acceptors (Lipinski definition) is 1. The Morgan fingerprint density at radius 1 is 1.05 bits per heavy atom. The molecular weight excluding hydrogens is 319 g/mol. The number of hydrogen-bond donors (Lipinski definition) is 0. The molecule has 0 aromatic heterocycles. The minimum absolute atomic E-state index is 0.376. The van der Waals surface area contributed by atoms with Crippen LogP contribution >= 0.6 is 15.9 Å². The minimum Gasteiger partial charge on any atom is -0.290 e. The van der Waals surface area contributed by atoms with Gasteiger partial charge in [0.2, 0.25) is 11.5 Å². The maximum Gasteiger partial charge on any atom is 0.223 e. The van der Waals surface area contributed by atoms with Crippen LogP contribution in [0.4, 0.5) is 4.39 Å². The highest BCUT2D eigenvalue weighted by atomic mass is 79.9. The zero-order chi connectivity index (χ0) is 14.3. The minimum atomic E-state index is -2.10. The Labute approximate surface area is 125 Å². The number of rotatable bonds is 1. The zero-order valence-electron chi connectivity index (χ0n) is 10.9. The molecule has 1 unspecified atom stereocenters. The Morgan fingerprint density at radius 2 is 1.75 bits per heavy atom. The molecule has 20 heavy (non-hydrogen) atoms. The van der Waals surface area contributed by atoms with E-state index in [1.807, 2.05) is 25.1 Å². The fourth-order valence-corrected chi connectivity index (χ4v) is 2.86. The summed E-state index contributed by atoms with van der Waals surface area (Å²) in [6.45, 7) is 1.93. The maximum atomic E-state index is 15.5. The first-order chi connectivity index (χ1) is 9.51. The molecule has 1 aliphatic rings. The van der Waals surface area contributed by atoms with Crippen molar-refractivity contribution in [3.05, 3.63) is 75.3 Å². The van der Waals surface area contributed by atoms with E-state index >= 15 is 4.39 Å². The highest BCUT2D eigenvalue weighted by Crippen LogP contribution is 2.41. The molecule has 3 heteroatoms. The Bertz CT molecular complexity index is 718. The van der Waals surface area contributed by atoms with Crippen LogP contribution in [0, 0.1) is 6.92 Å². The van der Waals surface area contributed by atoms with Gasteiger partial charge in [-0.25, -0.2) is 4.39 Å². The van der Waals surface area contributed by atoms with E-state index in [4.69, 9.17) is 0 Å². The van der Waals surface area contributed by atoms with Gasteiger partial charge in [0.05, 0.1) is 0 Å². The van der Waals surface area contributed by atoms with Gasteiger partial charge in [-0.3, -0.25) is 4.79 Å². The molecular formula is C17H12BrFO. The van der Waals surface area contributed by atoms with Crippen molar-refractivity contribution in [2.24, 2.45) is 0 Å². The van der Waals surface area contributed by atoms with Gasteiger partial charge < -0.3 is 0 Å². The van der Waals surface area contributed by atoms with Crippen LogP contribution in [0.15, 0.2) is 53.0 Å². The molecule has 0 saturated carbocycles. The summed E-state index contributed by atoms with van der Waals surface area (Å²) in [7, 11) is 0. The Hall–Kier alpha value is -1.74. The number of benzene rings is 2. The number of halogens is 2. The van der Waals surface area contributed by atoms with Crippen molar-refractivity contribution in [1.29, 1.82) is 0 Å². The van der Waals surface area contributed by atoms with Gasteiger partial charge in [-0.05, 0) is 30.7 Å². The SMILES string of the molecule is Cc1ccc(C2(F)C(=O)C=Cc3cc(Br)ccc32)cc1. The predicted molar refractivity (Wildman–Crippen MR) is 81.3 cm³/mol. The molecule has 1 atom stereocenters. The van der Waals surface area contributed by atoms with Crippen molar-refractivity contribution in [2.75, 3.05) is 0 Å². The summed E-state index contributed by atoms with van der Waals surface area (Å²) in [5.74, 6) is -0.531. The molecule has 0 amide bonds. The van der Waals surface area contributed by atoms with Gasteiger partial charge in [-0.2, -0.15) is 0 Å². The number of aryl methyl sites for hydroxylation is 1. The van der Waals surface area contributed by atoms with Crippen molar-refractivity contribution < 1.29 is 9.18 Å². The molecule has 0 saturated heterocycles. The quantitative estimate of drug-likeness (QED) is 0.748. The topological polar surface area (TPSA) is 17.1 Å². The number of carbonyl (C=O) groups excluding carboxylic acids is 1. The van der Waals surface area contributed by atoms with E-state index in [2.05, 4.69) is 15.9 Å². The summed E-state index contributed by atoms with van der Waals surface area (Å²) < 4.78 is 16.4. The molecule has 0 spiro atoms. The van der Waals surface area contributed by atoms with Gasteiger partial charge in [0, 0.05) is 15.6 Å². The molecule has 100 valence electrons. The number of ketones is 1. The van der Waals surface area contributed by atoms with Crippen LogP contribution in [0.3, 0.4) is 0 Å². The van der Waals surface area contributed by atoms with Crippen molar-refractivity contribution in [2.45, 2.75) is 12.6 Å². The number of allylic oxidation sites excluding steroid dienone is 1. The molecule has 0 bridgehead atoms. The molecule has 0 aliphatic heterocycles. The molecule has 2 aromatic rings. The second kappa shape index (κ2) is 4.67. The molecule has 3 rings (SSSR count). The summed E-state index contributed by atoms with van der Waals surface area (Å²) in [4.78, 5) is 12.2. The van der Waals surface area contributed by atoms with Crippen LogP contribution in [-0.4, -0.2) is 5.78 Å². The zero-order valence-corrected chi connectivity index (χ0v) is 12.4. The van der Waals surface area contributed by atoms with E-state index in [0.717, 1.165) is 15.6 Å². The molecule has 0 N–H and O–H groups in total. The summed E-state index contributed by atoms with van der Waals surface area (Å²) in [5.41, 5.74) is 0.436. The first kappa shape index (κ1) is 13.3. The number of carbonyl (C=O) groups is 1. The molecule has 0 heterocycles. The van der Waals surface area contributed by atoms with Gasteiger partial charge in [0.15, 0.2) is 0 Å². The molecule has 1 nitrogen and oxygen atoms in total. The average Bonchev–Trinajstić information content (AvgIpc) is 2.43. The van der Waals surface area contributed by atoms with E-state index in [1.54, 1.807) is 30.3 Å². The standard InChI is InChI=1S/C17H12BrFO/c1-11-2-5-13(6-3-11)17(19)15-8-7-14(18)10-12(15)4-9-16(17)20/h2-10H,1H3. The summed E-state index contributed by atoms with van der Waals surface area (Å²) in [6, 6.07) is 12.2. The Balaban J connectivity index is 2.24. The smallest absolute Gasteiger partial charge is 0.223 e. The van der Waals surface area contributed by atoms with Crippen molar-refractivity contribution in [3.63, 3.8) is 0 Å². The fraction of sp³-hybridized carbons (Fsp3) is 0.118. The van der Waals surface area contributed by atoms with Crippen LogP contribution < -0.4 is 0 Å². The largest absolute Gasteiger partial charge is 0.290 e. The second-order valence-electron chi connectivity index (χ2n) is 4.95. The lowest BCUT2D eigenvalue weighted by Gasteiger charge is -2.28. The lowest BCUT2D eigenvalue weighted by molar-refractivity contribution is -0.123. The molecule has 2 aromatic carbocycles. The molecule has 0 radical (unpaired) electrons. The van der Waals surface area contributed by atoms with Crippen LogP contribution in [0.5, 0.6) is 0 Å². The fourth-order valence-electron chi connectivity index (χ4n) is 2.48. The van der Waals surface area contributed by atoms with E-state index in [0.29, 0.717) is 11.1 Å². The van der Waals surface area contributed by atoms with Gasteiger partial charge >= 0.3 is 0 Å². The summed E-state index contributed by atoms with van der Waals surface area (Å²) in [6.07, 6.45) is 2.98.